The van der Waals surface area contributed by atoms with E-state index in [-0.39, 0.29) is 36.7 Å². The number of nitrogens with two attached hydrogens (primary N) is 1. The van der Waals surface area contributed by atoms with Crippen LogP contribution in [0.5, 0.6) is 0 Å². The largest absolute Gasteiger partial charge is 0.327 e. The lowest BCUT2D eigenvalue weighted by atomic mass is 9.96. The minimum Gasteiger partial charge on any atom is -0.327 e. The zero-order valence-electron chi connectivity index (χ0n) is 13.2. The molecule has 3 nitrogen and oxygen atoms in total. The van der Waals surface area contributed by atoms with Gasteiger partial charge in [0, 0.05) is 30.2 Å². The van der Waals surface area contributed by atoms with E-state index in [1.807, 2.05) is 12.1 Å². The first-order valence-corrected chi connectivity index (χ1v) is 7.68. The van der Waals surface area contributed by atoms with Crippen LogP contribution in [-0.4, -0.2) is 28.5 Å². The fourth-order valence-corrected chi connectivity index (χ4v) is 3.38. The Labute approximate surface area is 149 Å². The van der Waals surface area contributed by atoms with Gasteiger partial charge in [-0.05, 0) is 50.1 Å². The second kappa shape index (κ2) is 8.78. The summed E-state index contributed by atoms with van der Waals surface area (Å²) in [6.45, 7) is 3.81. The lowest BCUT2D eigenvalue weighted by Crippen LogP contribution is -2.48. The van der Waals surface area contributed by atoms with Gasteiger partial charge in [-0.25, -0.2) is 4.39 Å². The van der Waals surface area contributed by atoms with Crippen LogP contribution in [0.2, 0.25) is 0 Å². The normalized spacial score (nSPS) is 19.7. The molecule has 0 spiro atoms. The standard InChI is InChI=1S/C17H22FN3.2ClH/c1-12(19)16-6-2-3-8-21(16)11-14-10-15(18)9-13-5-4-7-20-17(13)14;;/h4-5,7,9-10,12,16H,2-3,6,8,11,19H2,1H3;2*1H. The van der Waals surface area contributed by atoms with Crippen molar-refractivity contribution in [3.63, 3.8) is 0 Å². The number of benzene rings is 1. The van der Waals surface area contributed by atoms with Crippen LogP contribution in [0.1, 0.15) is 31.7 Å². The molecule has 2 unspecified atom stereocenters. The second-order valence-corrected chi connectivity index (χ2v) is 6.03. The highest BCUT2D eigenvalue weighted by Gasteiger charge is 2.26. The van der Waals surface area contributed by atoms with Gasteiger partial charge >= 0.3 is 0 Å². The van der Waals surface area contributed by atoms with Crippen LogP contribution in [-0.2, 0) is 6.54 Å². The zero-order chi connectivity index (χ0) is 14.8. The van der Waals surface area contributed by atoms with E-state index in [4.69, 9.17) is 5.73 Å². The summed E-state index contributed by atoms with van der Waals surface area (Å²) in [6, 6.07) is 7.43. The molecule has 0 aliphatic carbocycles. The van der Waals surface area contributed by atoms with Gasteiger partial charge < -0.3 is 5.73 Å². The molecule has 0 bridgehead atoms. The first-order chi connectivity index (χ1) is 10.1. The number of hydrogen-bond donors (Lipinski definition) is 1. The third kappa shape index (κ3) is 4.54. The number of nitrogens with zero attached hydrogens (tertiary/aromatic N) is 2. The molecule has 1 aromatic heterocycles. The molecule has 1 saturated heterocycles. The number of pyridine rings is 1. The number of rotatable bonds is 3. The summed E-state index contributed by atoms with van der Waals surface area (Å²) in [6.07, 6.45) is 5.30. The van der Waals surface area contributed by atoms with Crippen LogP contribution in [0.25, 0.3) is 10.9 Å². The number of halogens is 3. The SMILES string of the molecule is CC(N)C1CCCCN1Cc1cc(F)cc2cccnc12.Cl.Cl. The molecule has 3 rings (SSSR count). The Morgan fingerprint density at radius 2 is 2.13 bits per heavy atom. The van der Waals surface area contributed by atoms with Crippen molar-refractivity contribution in [2.75, 3.05) is 6.54 Å². The van der Waals surface area contributed by atoms with Gasteiger partial charge in [-0.1, -0.05) is 12.5 Å². The van der Waals surface area contributed by atoms with Crippen molar-refractivity contribution in [2.45, 2.75) is 44.8 Å². The smallest absolute Gasteiger partial charge is 0.124 e. The number of piperidine rings is 1. The Hall–Kier alpha value is -0.940. The van der Waals surface area contributed by atoms with Crippen molar-refractivity contribution in [1.82, 2.24) is 9.88 Å². The molecule has 1 aliphatic rings. The van der Waals surface area contributed by atoms with Gasteiger partial charge in [0.05, 0.1) is 5.52 Å². The highest BCUT2D eigenvalue weighted by Crippen LogP contribution is 2.25. The molecule has 0 radical (unpaired) electrons. The first kappa shape index (κ1) is 20.1. The van der Waals surface area contributed by atoms with Crippen molar-refractivity contribution in [3.8, 4) is 0 Å². The van der Waals surface area contributed by atoms with E-state index in [1.165, 1.54) is 12.8 Å². The Morgan fingerprint density at radius 1 is 1.35 bits per heavy atom. The van der Waals surface area contributed by atoms with E-state index in [1.54, 1.807) is 18.3 Å². The van der Waals surface area contributed by atoms with Gasteiger partial charge in [0.25, 0.3) is 0 Å². The lowest BCUT2D eigenvalue weighted by molar-refractivity contribution is 0.123. The summed E-state index contributed by atoms with van der Waals surface area (Å²) in [5.41, 5.74) is 7.98. The molecule has 2 N–H and O–H groups in total. The maximum Gasteiger partial charge on any atom is 0.124 e. The highest BCUT2D eigenvalue weighted by molar-refractivity contribution is 5.85. The zero-order valence-corrected chi connectivity index (χ0v) is 14.9. The van der Waals surface area contributed by atoms with Gasteiger partial charge in [-0.2, -0.15) is 0 Å². The average Bonchev–Trinajstić information content (AvgIpc) is 2.47. The molecule has 23 heavy (non-hydrogen) atoms. The van der Waals surface area contributed by atoms with Crippen LogP contribution in [0.4, 0.5) is 4.39 Å². The molecule has 0 amide bonds. The first-order valence-electron chi connectivity index (χ1n) is 7.68. The molecule has 1 aromatic carbocycles. The summed E-state index contributed by atoms with van der Waals surface area (Å²) in [5, 5.41) is 0.863. The van der Waals surface area contributed by atoms with Crippen LogP contribution < -0.4 is 5.73 Å². The van der Waals surface area contributed by atoms with Gasteiger partial charge in [-0.3, -0.25) is 9.88 Å². The highest BCUT2D eigenvalue weighted by atomic mass is 35.5. The van der Waals surface area contributed by atoms with Crippen LogP contribution in [0.3, 0.4) is 0 Å². The minimum absolute atomic E-state index is 0. The van der Waals surface area contributed by atoms with Gasteiger partial charge in [0.2, 0.25) is 0 Å². The Morgan fingerprint density at radius 3 is 2.87 bits per heavy atom. The number of aromatic nitrogens is 1. The predicted octanol–water partition coefficient (Wildman–Crippen LogP) is 3.92. The fourth-order valence-electron chi connectivity index (χ4n) is 3.38. The van der Waals surface area contributed by atoms with E-state index in [0.29, 0.717) is 6.04 Å². The van der Waals surface area contributed by atoms with Crippen LogP contribution in [0, 0.1) is 5.82 Å². The monoisotopic (exact) mass is 359 g/mol. The van der Waals surface area contributed by atoms with Gasteiger partial charge in [-0.15, -0.1) is 24.8 Å². The van der Waals surface area contributed by atoms with Crippen molar-refractivity contribution >= 4 is 35.7 Å². The molecule has 2 aromatic rings. The average molecular weight is 360 g/mol. The van der Waals surface area contributed by atoms with Crippen molar-refractivity contribution in [2.24, 2.45) is 5.73 Å². The number of likely N-dealkylation sites (tertiary alicyclic amines) is 1. The number of hydrogen-bond acceptors (Lipinski definition) is 3. The Kier molecular flexibility index (Phi) is 7.68. The van der Waals surface area contributed by atoms with E-state index >= 15 is 0 Å². The fraction of sp³-hybridized carbons (Fsp3) is 0.471. The van der Waals surface area contributed by atoms with E-state index in [2.05, 4.69) is 16.8 Å². The summed E-state index contributed by atoms with van der Waals surface area (Å²) in [4.78, 5) is 6.82. The summed E-state index contributed by atoms with van der Waals surface area (Å²) >= 11 is 0. The van der Waals surface area contributed by atoms with Crippen LogP contribution >= 0.6 is 24.8 Å². The van der Waals surface area contributed by atoms with Crippen molar-refractivity contribution < 1.29 is 4.39 Å². The lowest BCUT2D eigenvalue weighted by Gasteiger charge is -2.38. The van der Waals surface area contributed by atoms with Crippen LogP contribution in [0.15, 0.2) is 30.5 Å². The maximum atomic E-state index is 13.8. The number of fused-ring (bicyclic) bond motifs is 1. The van der Waals surface area contributed by atoms with E-state index in [9.17, 15) is 4.39 Å². The maximum absolute atomic E-state index is 13.8. The predicted molar refractivity (Wildman–Crippen MR) is 97.9 cm³/mol. The van der Waals surface area contributed by atoms with Gasteiger partial charge in [0.1, 0.15) is 5.82 Å². The molecule has 6 heteroatoms. The Bertz CT molecular complexity index is 636. The van der Waals surface area contributed by atoms with E-state index < -0.39 is 0 Å². The molecular formula is C17H24Cl2FN3. The van der Waals surface area contributed by atoms with E-state index in [0.717, 1.165) is 36.0 Å². The molecule has 2 heterocycles. The quantitative estimate of drug-likeness (QED) is 0.902. The summed E-state index contributed by atoms with van der Waals surface area (Å²) < 4.78 is 13.8. The molecule has 128 valence electrons. The van der Waals surface area contributed by atoms with Gasteiger partial charge in [0.15, 0.2) is 0 Å². The Balaban J connectivity index is 0.00000132. The molecule has 1 aliphatic heterocycles. The summed E-state index contributed by atoms with van der Waals surface area (Å²) in [5.74, 6) is -0.195. The van der Waals surface area contributed by atoms with Crippen molar-refractivity contribution in [1.29, 1.82) is 0 Å². The third-order valence-corrected chi connectivity index (χ3v) is 4.39. The topological polar surface area (TPSA) is 42.1 Å². The third-order valence-electron chi connectivity index (χ3n) is 4.39. The van der Waals surface area contributed by atoms with Crippen molar-refractivity contribution in [3.05, 3.63) is 41.8 Å². The molecule has 2 atom stereocenters. The second-order valence-electron chi connectivity index (χ2n) is 6.03. The summed E-state index contributed by atoms with van der Waals surface area (Å²) in [7, 11) is 0. The molecule has 1 fully saturated rings. The molecular weight excluding hydrogens is 336 g/mol. The molecule has 0 saturated carbocycles. The minimum atomic E-state index is -0.195.